The Labute approximate surface area is 104 Å². The van der Waals surface area contributed by atoms with Gasteiger partial charge in [-0.1, -0.05) is 6.42 Å². The summed E-state index contributed by atoms with van der Waals surface area (Å²) in [5.41, 5.74) is 5.63. The smallest absolute Gasteiger partial charge is 0.220 e. The highest BCUT2D eigenvalue weighted by Crippen LogP contribution is 2.23. The van der Waals surface area contributed by atoms with Crippen molar-refractivity contribution in [2.45, 2.75) is 64.0 Å². The molecule has 4 nitrogen and oxygen atoms in total. The molecule has 4 heteroatoms. The normalized spacial score (nSPS) is 26.5. The van der Waals surface area contributed by atoms with Crippen molar-refractivity contribution in [1.29, 1.82) is 0 Å². The fraction of sp³-hybridized carbons (Fsp3) is 0.923. The van der Waals surface area contributed by atoms with Crippen molar-refractivity contribution in [3.63, 3.8) is 0 Å². The van der Waals surface area contributed by atoms with Crippen molar-refractivity contribution < 1.29 is 9.90 Å². The summed E-state index contributed by atoms with van der Waals surface area (Å²) in [6.45, 7) is 2.68. The van der Waals surface area contributed by atoms with Crippen molar-refractivity contribution in [2.24, 2.45) is 11.7 Å². The molecule has 1 saturated carbocycles. The third kappa shape index (κ3) is 6.64. The fourth-order valence-corrected chi connectivity index (χ4v) is 2.38. The van der Waals surface area contributed by atoms with Gasteiger partial charge in [0.25, 0.3) is 0 Å². The number of rotatable bonds is 6. The molecule has 1 aliphatic carbocycles. The third-order valence-corrected chi connectivity index (χ3v) is 3.41. The van der Waals surface area contributed by atoms with Gasteiger partial charge in [-0.05, 0) is 44.9 Å². The Balaban J connectivity index is 2.06. The molecule has 0 spiro atoms. The molecule has 0 radical (unpaired) electrons. The number of carbonyl (C=O) groups is 1. The Hall–Kier alpha value is -0.610. The Morgan fingerprint density at radius 1 is 1.53 bits per heavy atom. The number of aliphatic hydroxyl groups is 1. The van der Waals surface area contributed by atoms with Crippen molar-refractivity contribution >= 4 is 5.91 Å². The summed E-state index contributed by atoms with van der Waals surface area (Å²) in [6, 6.07) is 0.177. The van der Waals surface area contributed by atoms with Gasteiger partial charge in [-0.3, -0.25) is 4.79 Å². The maximum atomic E-state index is 11.5. The lowest BCUT2D eigenvalue weighted by Crippen LogP contribution is -2.33. The van der Waals surface area contributed by atoms with Crippen LogP contribution in [0.3, 0.4) is 0 Å². The Kier molecular flexibility index (Phi) is 6.52. The maximum Gasteiger partial charge on any atom is 0.220 e. The van der Waals surface area contributed by atoms with Crippen LogP contribution in [0, 0.1) is 5.92 Å². The highest BCUT2D eigenvalue weighted by Gasteiger charge is 2.20. The van der Waals surface area contributed by atoms with Gasteiger partial charge >= 0.3 is 0 Å². The standard InChI is InChI=1S/C13H26N2O2/c1-10(14)4-2-7-13(17)15-9-11-5-3-6-12(16)8-11/h10-12,16H,2-9,14H2,1H3,(H,15,17). The van der Waals surface area contributed by atoms with Gasteiger partial charge < -0.3 is 16.2 Å². The number of hydrogen-bond acceptors (Lipinski definition) is 3. The summed E-state index contributed by atoms with van der Waals surface area (Å²) in [4.78, 5) is 11.5. The van der Waals surface area contributed by atoms with E-state index in [0.29, 0.717) is 18.9 Å². The summed E-state index contributed by atoms with van der Waals surface area (Å²) in [5.74, 6) is 0.571. The average Bonchev–Trinajstić information content (AvgIpc) is 2.26. The Morgan fingerprint density at radius 2 is 2.29 bits per heavy atom. The van der Waals surface area contributed by atoms with Crippen molar-refractivity contribution in [3.8, 4) is 0 Å². The van der Waals surface area contributed by atoms with Gasteiger partial charge in [0.15, 0.2) is 0 Å². The highest BCUT2D eigenvalue weighted by atomic mass is 16.3. The van der Waals surface area contributed by atoms with E-state index in [1.807, 2.05) is 6.92 Å². The molecule has 3 atom stereocenters. The quantitative estimate of drug-likeness (QED) is 0.654. The zero-order valence-electron chi connectivity index (χ0n) is 10.8. The van der Waals surface area contributed by atoms with Crippen molar-refractivity contribution in [3.05, 3.63) is 0 Å². The van der Waals surface area contributed by atoms with Crippen LogP contribution in [0.25, 0.3) is 0 Å². The predicted octanol–water partition coefficient (Wildman–Crippen LogP) is 1.17. The molecule has 100 valence electrons. The van der Waals surface area contributed by atoms with Gasteiger partial charge in [-0.15, -0.1) is 0 Å². The number of amides is 1. The summed E-state index contributed by atoms with van der Waals surface area (Å²) in [7, 11) is 0. The average molecular weight is 242 g/mol. The Morgan fingerprint density at radius 3 is 2.94 bits per heavy atom. The number of hydrogen-bond donors (Lipinski definition) is 3. The van der Waals surface area contributed by atoms with Gasteiger partial charge in [0.1, 0.15) is 0 Å². The van der Waals surface area contributed by atoms with Gasteiger partial charge in [0.05, 0.1) is 6.10 Å². The van der Waals surface area contributed by atoms with Crippen LogP contribution in [-0.4, -0.2) is 29.7 Å². The lowest BCUT2D eigenvalue weighted by Gasteiger charge is -2.25. The molecule has 1 rings (SSSR count). The fourth-order valence-electron chi connectivity index (χ4n) is 2.38. The van der Waals surface area contributed by atoms with E-state index in [-0.39, 0.29) is 18.1 Å². The molecule has 1 aliphatic rings. The third-order valence-electron chi connectivity index (χ3n) is 3.41. The first-order chi connectivity index (χ1) is 8.08. The summed E-state index contributed by atoms with van der Waals surface area (Å²) in [6.07, 6.45) is 6.11. The molecule has 1 fully saturated rings. The van der Waals surface area contributed by atoms with E-state index in [1.54, 1.807) is 0 Å². The van der Waals surface area contributed by atoms with Crippen molar-refractivity contribution in [1.82, 2.24) is 5.32 Å². The molecule has 4 N–H and O–H groups in total. The zero-order valence-corrected chi connectivity index (χ0v) is 10.8. The molecule has 3 unspecified atom stereocenters. The van der Waals surface area contributed by atoms with E-state index in [0.717, 1.165) is 38.5 Å². The molecular weight excluding hydrogens is 216 g/mol. The van der Waals surface area contributed by atoms with Crippen LogP contribution in [0.5, 0.6) is 0 Å². The molecule has 0 saturated heterocycles. The SMILES string of the molecule is CC(N)CCCC(=O)NCC1CCCC(O)C1. The van der Waals surface area contributed by atoms with Crippen LogP contribution in [0.2, 0.25) is 0 Å². The number of nitrogens with two attached hydrogens (primary N) is 1. The first-order valence-corrected chi connectivity index (χ1v) is 6.78. The first-order valence-electron chi connectivity index (χ1n) is 6.78. The van der Waals surface area contributed by atoms with E-state index < -0.39 is 0 Å². The van der Waals surface area contributed by atoms with Gasteiger partial charge in [-0.2, -0.15) is 0 Å². The molecule has 0 aromatic heterocycles. The predicted molar refractivity (Wildman–Crippen MR) is 68.5 cm³/mol. The van der Waals surface area contributed by atoms with Gasteiger partial charge in [-0.25, -0.2) is 0 Å². The lowest BCUT2D eigenvalue weighted by atomic mass is 9.87. The molecule has 0 heterocycles. The molecule has 0 aromatic carbocycles. The summed E-state index contributed by atoms with van der Waals surface area (Å²) < 4.78 is 0. The van der Waals surface area contributed by atoms with E-state index in [9.17, 15) is 9.90 Å². The second-order valence-electron chi connectivity index (χ2n) is 5.36. The Bertz CT molecular complexity index is 231. The van der Waals surface area contributed by atoms with E-state index in [4.69, 9.17) is 5.73 Å². The van der Waals surface area contributed by atoms with E-state index in [1.165, 1.54) is 0 Å². The largest absolute Gasteiger partial charge is 0.393 e. The second-order valence-corrected chi connectivity index (χ2v) is 5.36. The minimum Gasteiger partial charge on any atom is -0.393 e. The number of nitrogens with one attached hydrogen (secondary N) is 1. The monoisotopic (exact) mass is 242 g/mol. The minimum atomic E-state index is -0.163. The zero-order chi connectivity index (χ0) is 12.7. The van der Waals surface area contributed by atoms with Gasteiger partial charge in [0.2, 0.25) is 5.91 Å². The van der Waals surface area contributed by atoms with Crippen LogP contribution in [0.15, 0.2) is 0 Å². The molecule has 0 aliphatic heterocycles. The first kappa shape index (κ1) is 14.5. The van der Waals surface area contributed by atoms with E-state index in [2.05, 4.69) is 5.32 Å². The summed E-state index contributed by atoms with van der Waals surface area (Å²) in [5, 5.41) is 12.5. The van der Waals surface area contributed by atoms with Crippen molar-refractivity contribution in [2.75, 3.05) is 6.54 Å². The molecule has 0 aromatic rings. The topological polar surface area (TPSA) is 75.4 Å². The molecular formula is C13H26N2O2. The second kappa shape index (κ2) is 7.67. The molecule has 17 heavy (non-hydrogen) atoms. The number of carbonyl (C=O) groups excluding carboxylic acids is 1. The van der Waals surface area contributed by atoms with Crippen LogP contribution < -0.4 is 11.1 Å². The molecule has 1 amide bonds. The van der Waals surface area contributed by atoms with Crippen LogP contribution >= 0.6 is 0 Å². The minimum absolute atomic E-state index is 0.116. The maximum absolute atomic E-state index is 11.5. The molecule has 0 bridgehead atoms. The van der Waals surface area contributed by atoms with Crippen LogP contribution in [-0.2, 0) is 4.79 Å². The summed E-state index contributed by atoms with van der Waals surface area (Å²) >= 11 is 0. The lowest BCUT2D eigenvalue weighted by molar-refractivity contribution is -0.121. The van der Waals surface area contributed by atoms with Gasteiger partial charge in [0, 0.05) is 19.0 Å². The number of aliphatic hydroxyl groups excluding tert-OH is 1. The van der Waals surface area contributed by atoms with Crippen LogP contribution in [0.4, 0.5) is 0 Å². The van der Waals surface area contributed by atoms with E-state index >= 15 is 0 Å². The van der Waals surface area contributed by atoms with Crippen LogP contribution in [0.1, 0.15) is 51.9 Å². The highest BCUT2D eigenvalue weighted by molar-refractivity contribution is 5.75.